The van der Waals surface area contributed by atoms with E-state index in [2.05, 4.69) is 5.32 Å². The molecule has 0 aromatic heterocycles. The van der Waals surface area contributed by atoms with E-state index in [1.807, 2.05) is 0 Å². The van der Waals surface area contributed by atoms with Gasteiger partial charge in [0.25, 0.3) is 5.91 Å². The monoisotopic (exact) mass is 384 g/mol. The number of nitrogens with one attached hydrogen (secondary N) is 1. The number of carbonyl (C=O) groups excluding carboxylic acids is 2. The summed E-state index contributed by atoms with van der Waals surface area (Å²) in [5.74, 6) is -1.55. The van der Waals surface area contributed by atoms with Crippen molar-refractivity contribution < 1.29 is 24.2 Å². The van der Waals surface area contributed by atoms with Crippen molar-refractivity contribution in [2.75, 3.05) is 11.4 Å². The zero-order valence-electron chi connectivity index (χ0n) is 16.1. The molecule has 2 aromatic carbocycles. The van der Waals surface area contributed by atoms with Crippen LogP contribution in [0.4, 0.5) is 10.5 Å². The number of anilines is 1. The Bertz CT molecular complexity index is 843. The largest absolute Gasteiger partial charge is 0.480 e. The van der Waals surface area contributed by atoms with E-state index in [9.17, 15) is 19.5 Å². The van der Waals surface area contributed by atoms with E-state index < -0.39 is 30.1 Å². The van der Waals surface area contributed by atoms with Gasteiger partial charge in [0.2, 0.25) is 0 Å². The molecule has 0 saturated carbocycles. The molecule has 0 radical (unpaired) electrons. The third-order valence-electron chi connectivity index (χ3n) is 3.62. The van der Waals surface area contributed by atoms with Crippen LogP contribution in [0.25, 0.3) is 0 Å². The molecule has 0 aliphatic rings. The molecule has 0 atom stereocenters. The van der Waals surface area contributed by atoms with Gasteiger partial charge in [-0.3, -0.25) is 14.5 Å². The molecule has 0 saturated heterocycles. The summed E-state index contributed by atoms with van der Waals surface area (Å²) in [4.78, 5) is 37.1. The van der Waals surface area contributed by atoms with Crippen LogP contribution in [0.3, 0.4) is 0 Å². The molecule has 0 aliphatic carbocycles. The van der Waals surface area contributed by atoms with E-state index in [1.165, 1.54) is 4.90 Å². The number of rotatable bonds is 6. The number of hydrogen-bond donors (Lipinski definition) is 2. The van der Waals surface area contributed by atoms with Crippen molar-refractivity contribution in [1.29, 1.82) is 0 Å². The van der Waals surface area contributed by atoms with Crippen LogP contribution in [0.1, 0.15) is 36.7 Å². The van der Waals surface area contributed by atoms with Crippen molar-refractivity contribution in [2.45, 2.75) is 32.9 Å². The first-order valence-electron chi connectivity index (χ1n) is 8.80. The molecule has 0 fully saturated rings. The van der Waals surface area contributed by atoms with E-state index in [1.54, 1.807) is 75.4 Å². The van der Waals surface area contributed by atoms with Crippen LogP contribution < -0.4 is 10.2 Å². The maximum absolute atomic E-state index is 12.9. The highest BCUT2D eigenvalue weighted by molar-refractivity contribution is 6.08. The van der Waals surface area contributed by atoms with Gasteiger partial charge in [0.15, 0.2) is 0 Å². The number of hydrogen-bond acceptors (Lipinski definition) is 4. The number of ether oxygens (including phenoxy) is 1. The zero-order valence-corrected chi connectivity index (χ0v) is 16.1. The predicted octanol–water partition coefficient (Wildman–Crippen LogP) is 3.44. The lowest BCUT2D eigenvalue weighted by Gasteiger charge is -2.21. The number of nitrogens with zero attached hydrogens (tertiary/aromatic N) is 1. The lowest BCUT2D eigenvalue weighted by Crippen LogP contribution is -2.36. The molecule has 2 aromatic rings. The number of amides is 2. The summed E-state index contributed by atoms with van der Waals surface area (Å²) in [7, 11) is 0. The van der Waals surface area contributed by atoms with Crippen molar-refractivity contribution in [1.82, 2.24) is 5.32 Å². The maximum Gasteiger partial charge on any atom is 0.407 e. The second kappa shape index (κ2) is 9.03. The Labute approximate surface area is 163 Å². The summed E-state index contributed by atoms with van der Waals surface area (Å²) in [6, 6.07) is 15.3. The van der Waals surface area contributed by atoms with Gasteiger partial charge in [-0.15, -0.1) is 0 Å². The predicted molar refractivity (Wildman–Crippen MR) is 105 cm³/mol. The normalized spacial score (nSPS) is 10.8. The number of aliphatic carboxylic acids is 1. The van der Waals surface area contributed by atoms with E-state index >= 15 is 0 Å². The van der Waals surface area contributed by atoms with Crippen LogP contribution in [0.2, 0.25) is 0 Å². The van der Waals surface area contributed by atoms with Gasteiger partial charge in [0, 0.05) is 17.8 Å². The Morgan fingerprint density at radius 1 is 1.04 bits per heavy atom. The van der Waals surface area contributed by atoms with Crippen LogP contribution in [0, 0.1) is 0 Å². The first-order valence-corrected chi connectivity index (χ1v) is 8.80. The molecule has 7 heteroatoms. The molecule has 7 nitrogen and oxygen atoms in total. The summed E-state index contributed by atoms with van der Waals surface area (Å²) in [5.41, 5.74) is 0.912. The second-order valence-electron chi connectivity index (χ2n) is 7.18. The molecule has 0 aliphatic heterocycles. The quantitative estimate of drug-likeness (QED) is 0.795. The fraction of sp³-hybridized carbons (Fsp3) is 0.286. The number of carboxylic acids is 1. The van der Waals surface area contributed by atoms with Gasteiger partial charge in [-0.05, 0) is 50.6 Å². The van der Waals surface area contributed by atoms with E-state index in [4.69, 9.17) is 4.74 Å². The van der Waals surface area contributed by atoms with Crippen molar-refractivity contribution >= 4 is 23.7 Å². The number of alkyl carbamates (subject to hydrolysis) is 1. The molecule has 0 spiro atoms. The third-order valence-corrected chi connectivity index (χ3v) is 3.62. The minimum atomic E-state index is -1.11. The minimum absolute atomic E-state index is 0.181. The van der Waals surface area contributed by atoms with Gasteiger partial charge in [-0.2, -0.15) is 0 Å². The Kier molecular flexibility index (Phi) is 6.76. The third kappa shape index (κ3) is 6.42. The first kappa shape index (κ1) is 21.0. The highest BCUT2D eigenvalue weighted by atomic mass is 16.6. The Balaban J connectivity index is 2.15. The van der Waals surface area contributed by atoms with Crippen molar-refractivity contribution in [2.24, 2.45) is 0 Å². The zero-order chi connectivity index (χ0) is 20.7. The second-order valence-corrected chi connectivity index (χ2v) is 7.18. The molecule has 2 N–H and O–H groups in total. The van der Waals surface area contributed by atoms with E-state index in [-0.39, 0.29) is 6.54 Å². The van der Waals surface area contributed by atoms with Crippen LogP contribution >= 0.6 is 0 Å². The lowest BCUT2D eigenvalue weighted by molar-refractivity contribution is -0.135. The van der Waals surface area contributed by atoms with Gasteiger partial charge in [0.1, 0.15) is 12.1 Å². The van der Waals surface area contributed by atoms with Crippen molar-refractivity contribution in [3.8, 4) is 0 Å². The molecule has 28 heavy (non-hydrogen) atoms. The fourth-order valence-electron chi connectivity index (χ4n) is 2.48. The van der Waals surface area contributed by atoms with Crippen molar-refractivity contribution in [3.05, 3.63) is 65.7 Å². The van der Waals surface area contributed by atoms with Gasteiger partial charge in [-0.25, -0.2) is 4.79 Å². The molecule has 0 unspecified atom stereocenters. The number of para-hydroxylation sites is 1. The lowest BCUT2D eigenvalue weighted by atomic mass is 10.1. The van der Waals surface area contributed by atoms with Crippen LogP contribution in [0.5, 0.6) is 0 Å². The molecule has 148 valence electrons. The standard InChI is InChI=1S/C21H24N2O5/c1-21(2,3)28-20(27)22-13-15-8-7-9-16(12-15)19(26)23(14-18(24)25)17-10-5-4-6-11-17/h4-12H,13-14H2,1-3H3,(H,22,27)(H,24,25). The summed E-state index contributed by atoms with van der Waals surface area (Å²) in [6.45, 7) is 5.04. The van der Waals surface area contributed by atoms with E-state index in [0.29, 0.717) is 16.8 Å². The molecule has 0 bridgehead atoms. The Morgan fingerprint density at radius 2 is 1.71 bits per heavy atom. The maximum atomic E-state index is 12.9. The number of carboxylic acid groups (broad SMARTS) is 1. The SMILES string of the molecule is CC(C)(C)OC(=O)NCc1cccc(C(=O)N(CC(=O)O)c2ccccc2)c1. The minimum Gasteiger partial charge on any atom is -0.480 e. The Morgan fingerprint density at radius 3 is 2.32 bits per heavy atom. The van der Waals surface area contributed by atoms with Gasteiger partial charge >= 0.3 is 12.1 Å². The molecular weight excluding hydrogens is 360 g/mol. The van der Waals surface area contributed by atoms with Crippen LogP contribution in [0.15, 0.2) is 54.6 Å². The average molecular weight is 384 g/mol. The average Bonchev–Trinajstić information content (AvgIpc) is 2.63. The molecule has 0 heterocycles. The molecular formula is C21H24N2O5. The summed E-state index contributed by atoms with van der Waals surface area (Å²) < 4.78 is 5.19. The number of carbonyl (C=O) groups is 3. The van der Waals surface area contributed by atoms with Crippen LogP contribution in [-0.2, 0) is 16.1 Å². The number of benzene rings is 2. The highest BCUT2D eigenvalue weighted by Gasteiger charge is 2.21. The molecule has 2 rings (SSSR count). The first-order chi connectivity index (χ1) is 13.2. The van der Waals surface area contributed by atoms with Gasteiger partial charge in [-0.1, -0.05) is 30.3 Å². The van der Waals surface area contributed by atoms with E-state index in [0.717, 1.165) is 0 Å². The van der Waals surface area contributed by atoms with Crippen LogP contribution in [-0.4, -0.2) is 35.2 Å². The summed E-state index contributed by atoms with van der Waals surface area (Å²) >= 11 is 0. The summed E-state index contributed by atoms with van der Waals surface area (Å²) in [5, 5.41) is 11.8. The smallest absolute Gasteiger partial charge is 0.407 e. The van der Waals surface area contributed by atoms with Crippen molar-refractivity contribution in [3.63, 3.8) is 0 Å². The fourth-order valence-corrected chi connectivity index (χ4v) is 2.48. The molecule has 2 amide bonds. The topological polar surface area (TPSA) is 95.9 Å². The van der Waals surface area contributed by atoms with Gasteiger partial charge in [0.05, 0.1) is 0 Å². The highest BCUT2D eigenvalue weighted by Crippen LogP contribution is 2.17. The summed E-state index contributed by atoms with van der Waals surface area (Å²) in [6.07, 6.45) is -0.555. The van der Waals surface area contributed by atoms with Gasteiger partial charge < -0.3 is 15.2 Å². The Hall–Kier alpha value is -3.35.